The third-order valence-electron chi connectivity index (χ3n) is 5.27. The van der Waals surface area contributed by atoms with Crippen LogP contribution in [-0.2, 0) is 20.9 Å². The topological polar surface area (TPSA) is 97.8 Å². The lowest BCUT2D eigenvalue weighted by molar-refractivity contribution is -0.119. The fourth-order valence-electron chi connectivity index (χ4n) is 3.50. The number of ether oxygens (including phenoxy) is 2. The predicted octanol–water partition coefficient (Wildman–Crippen LogP) is 3.71. The van der Waals surface area contributed by atoms with Crippen LogP contribution < -0.4 is 10.2 Å². The van der Waals surface area contributed by atoms with Crippen molar-refractivity contribution in [2.45, 2.75) is 19.6 Å². The van der Waals surface area contributed by atoms with Crippen molar-refractivity contribution in [2.24, 2.45) is 0 Å². The van der Waals surface area contributed by atoms with Crippen molar-refractivity contribution in [3.05, 3.63) is 83.9 Å². The number of pyridine rings is 1. The van der Waals surface area contributed by atoms with Crippen molar-refractivity contribution in [2.75, 3.05) is 18.0 Å². The van der Waals surface area contributed by atoms with Gasteiger partial charge in [-0.1, -0.05) is 24.3 Å². The number of aromatic nitrogens is 1. The molecule has 2 amide bonds. The van der Waals surface area contributed by atoms with Crippen molar-refractivity contribution < 1.29 is 28.2 Å². The molecule has 0 bridgehead atoms. The Morgan fingerprint density at radius 1 is 1.15 bits per heavy atom. The van der Waals surface area contributed by atoms with Crippen molar-refractivity contribution in [1.82, 2.24) is 10.3 Å². The number of cyclic esters (lactones) is 1. The molecule has 0 spiro atoms. The highest BCUT2D eigenvalue weighted by molar-refractivity contribution is 5.90. The lowest BCUT2D eigenvalue weighted by Gasteiger charge is -2.15. The van der Waals surface area contributed by atoms with Gasteiger partial charge < -0.3 is 14.8 Å². The Bertz CT molecular complexity index is 1200. The van der Waals surface area contributed by atoms with E-state index in [1.165, 1.54) is 30.3 Å². The van der Waals surface area contributed by atoms with Crippen molar-refractivity contribution in [3.8, 4) is 11.1 Å². The summed E-state index contributed by atoms with van der Waals surface area (Å²) in [5.74, 6) is -1.16. The molecule has 1 fully saturated rings. The zero-order chi connectivity index (χ0) is 24.1. The average Bonchev–Trinajstić information content (AvgIpc) is 3.22. The molecule has 2 heterocycles. The molecule has 4 rings (SSSR count). The lowest BCUT2D eigenvalue weighted by Crippen LogP contribution is -2.33. The zero-order valence-electron chi connectivity index (χ0n) is 18.4. The molecular weight excluding hydrogens is 441 g/mol. The third kappa shape index (κ3) is 5.37. The monoisotopic (exact) mass is 463 g/mol. The third-order valence-corrected chi connectivity index (χ3v) is 5.27. The molecule has 3 aromatic rings. The quantitative estimate of drug-likeness (QED) is 0.537. The van der Waals surface area contributed by atoms with E-state index in [4.69, 9.17) is 9.47 Å². The summed E-state index contributed by atoms with van der Waals surface area (Å²) in [5, 5.41) is 2.60. The van der Waals surface area contributed by atoms with Crippen LogP contribution in [0.15, 0.2) is 67.0 Å². The summed E-state index contributed by atoms with van der Waals surface area (Å²) in [4.78, 5) is 40.5. The molecule has 8 nitrogen and oxygen atoms in total. The molecule has 2 aromatic carbocycles. The number of anilines is 1. The fraction of sp³-hybridized carbons (Fsp3) is 0.200. The van der Waals surface area contributed by atoms with E-state index in [2.05, 4.69) is 10.3 Å². The van der Waals surface area contributed by atoms with Gasteiger partial charge in [-0.05, 0) is 41.5 Å². The number of esters is 1. The molecule has 1 aromatic heterocycles. The van der Waals surface area contributed by atoms with Crippen LogP contribution in [0.25, 0.3) is 11.1 Å². The maximum Gasteiger partial charge on any atom is 0.414 e. The van der Waals surface area contributed by atoms with E-state index in [1.807, 2.05) is 0 Å². The summed E-state index contributed by atoms with van der Waals surface area (Å²) in [7, 11) is 0. The Morgan fingerprint density at radius 2 is 1.88 bits per heavy atom. The van der Waals surface area contributed by atoms with E-state index in [-0.39, 0.29) is 25.6 Å². The van der Waals surface area contributed by atoms with Crippen LogP contribution >= 0.6 is 0 Å². The molecule has 9 heteroatoms. The normalized spacial score (nSPS) is 15.1. The summed E-state index contributed by atoms with van der Waals surface area (Å²) in [6.45, 7) is 1.87. The van der Waals surface area contributed by atoms with Crippen LogP contribution in [-0.4, -0.2) is 42.1 Å². The first kappa shape index (κ1) is 22.9. The van der Waals surface area contributed by atoms with Gasteiger partial charge in [-0.15, -0.1) is 0 Å². The molecule has 34 heavy (non-hydrogen) atoms. The minimum absolute atomic E-state index is 0.0829. The van der Waals surface area contributed by atoms with Crippen LogP contribution in [0.4, 0.5) is 14.9 Å². The first-order valence-electron chi connectivity index (χ1n) is 10.6. The number of rotatable bonds is 7. The maximum absolute atomic E-state index is 14.9. The van der Waals surface area contributed by atoms with E-state index >= 15 is 0 Å². The standard InChI is InChI=1S/C25H22FN3O5/c1-16(30)28-13-21-14-29(25(32)34-21)20-6-7-22(23(26)12-20)18-4-2-17(3-5-18)15-33-24(31)19-8-10-27-11-9-19/h2-12,21H,13-15H2,1H3,(H,28,30)/t21-/m0/s1. The lowest BCUT2D eigenvalue weighted by atomic mass is 10.0. The van der Waals surface area contributed by atoms with E-state index < -0.39 is 24.0 Å². The molecule has 1 atom stereocenters. The Labute approximate surface area is 195 Å². The van der Waals surface area contributed by atoms with Gasteiger partial charge >= 0.3 is 12.1 Å². The fourth-order valence-corrected chi connectivity index (χ4v) is 3.50. The Balaban J connectivity index is 1.39. The Morgan fingerprint density at radius 3 is 2.56 bits per heavy atom. The highest BCUT2D eigenvalue weighted by atomic mass is 19.1. The number of carbonyl (C=O) groups is 3. The van der Waals surface area contributed by atoms with Crippen LogP contribution in [0.5, 0.6) is 0 Å². The molecule has 1 N–H and O–H groups in total. The maximum atomic E-state index is 14.9. The first-order valence-corrected chi connectivity index (χ1v) is 10.6. The summed E-state index contributed by atoms with van der Waals surface area (Å²) in [5.41, 5.74) is 2.55. The summed E-state index contributed by atoms with van der Waals surface area (Å²) in [6.07, 6.45) is 1.94. The van der Waals surface area contributed by atoms with Gasteiger partial charge in [-0.2, -0.15) is 0 Å². The van der Waals surface area contributed by atoms with E-state index in [0.29, 0.717) is 22.4 Å². The minimum atomic E-state index is -0.590. The second kappa shape index (κ2) is 10.1. The van der Waals surface area contributed by atoms with Gasteiger partial charge in [0.2, 0.25) is 5.91 Å². The number of carbonyl (C=O) groups excluding carboxylic acids is 3. The van der Waals surface area contributed by atoms with Crippen LogP contribution in [0, 0.1) is 5.82 Å². The molecule has 1 saturated heterocycles. The van der Waals surface area contributed by atoms with Gasteiger partial charge in [0.25, 0.3) is 0 Å². The first-order chi connectivity index (χ1) is 16.4. The predicted molar refractivity (Wildman–Crippen MR) is 121 cm³/mol. The molecule has 0 saturated carbocycles. The second-order valence-electron chi connectivity index (χ2n) is 7.73. The van der Waals surface area contributed by atoms with Gasteiger partial charge in [0.1, 0.15) is 18.5 Å². The number of benzene rings is 2. The molecule has 0 aliphatic carbocycles. The summed E-state index contributed by atoms with van der Waals surface area (Å²) >= 11 is 0. The van der Waals surface area contributed by atoms with Gasteiger partial charge in [0.05, 0.1) is 24.3 Å². The van der Waals surface area contributed by atoms with Gasteiger partial charge in [0.15, 0.2) is 0 Å². The number of nitrogens with one attached hydrogen (secondary N) is 1. The van der Waals surface area contributed by atoms with Crippen LogP contribution in [0.2, 0.25) is 0 Å². The number of nitrogens with zero attached hydrogens (tertiary/aromatic N) is 2. The van der Waals surface area contributed by atoms with Crippen molar-refractivity contribution in [1.29, 1.82) is 0 Å². The van der Waals surface area contributed by atoms with Crippen LogP contribution in [0.3, 0.4) is 0 Å². The number of hydrogen-bond acceptors (Lipinski definition) is 6. The van der Waals surface area contributed by atoms with Crippen molar-refractivity contribution >= 4 is 23.7 Å². The molecule has 1 aliphatic rings. The van der Waals surface area contributed by atoms with Crippen molar-refractivity contribution in [3.63, 3.8) is 0 Å². The molecular formula is C25H22FN3O5. The van der Waals surface area contributed by atoms with Gasteiger partial charge in [0, 0.05) is 24.9 Å². The number of hydrogen-bond donors (Lipinski definition) is 1. The highest BCUT2D eigenvalue weighted by Crippen LogP contribution is 2.29. The van der Waals surface area contributed by atoms with Gasteiger partial charge in [-0.3, -0.25) is 14.7 Å². The molecule has 174 valence electrons. The van der Waals surface area contributed by atoms with E-state index in [1.54, 1.807) is 48.5 Å². The Kier molecular flexibility index (Phi) is 6.82. The Hall–Kier alpha value is -4.27. The van der Waals surface area contributed by atoms with Gasteiger partial charge in [-0.25, -0.2) is 14.0 Å². The van der Waals surface area contributed by atoms with E-state index in [0.717, 1.165) is 5.56 Å². The number of amides is 2. The summed E-state index contributed by atoms with van der Waals surface area (Å²) < 4.78 is 25.4. The highest BCUT2D eigenvalue weighted by Gasteiger charge is 2.32. The second-order valence-corrected chi connectivity index (χ2v) is 7.73. The number of halogens is 1. The van der Waals surface area contributed by atoms with Crippen LogP contribution in [0.1, 0.15) is 22.8 Å². The zero-order valence-corrected chi connectivity index (χ0v) is 18.4. The molecule has 0 radical (unpaired) electrons. The molecule has 1 aliphatic heterocycles. The smallest absolute Gasteiger partial charge is 0.414 e. The SMILES string of the molecule is CC(=O)NC[C@H]1CN(c2ccc(-c3ccc(COC(=O)c4ccncc4)cc3)c(F)c2)C(=O)O1. The average molecular weight is 463 g/mol. The largest absolute Gasteiger partial charge is 0.457 e. The summed E-state index contributed by atoms with van der Waals surface area (Å²) in [6, 6.07) is 14.7. The van der Waals surface area contributed by atoms with E-state index in [9.17, 15) is 18.8 Å². The minimum Gasteiger partial charge on any atom is -0.457 e. The molecule has 0 unspecified atom stereocenters.